The summed E-state index contributed by atoms with van der Waals surface area (Å²) in [5, 5.41) is 3.87. The van der Waals surface area contributed by atoms with Crippen molar-refractivity contribution < 1.29 is 22.4 Å². The van der Waals surface area contributed by atoms with Crippen LogP contribution in [0.5, 0.6) is 5.75 Å². The molecule has 0 aliphatic heterocycles. The minimum atomic E-state index is -4.60. The molecule has 4 rings (SSSR count). The maximum Gasteiger partial charge on any atom is 0.419 e. The molecule has 10 heteroatoms. The molecule has 29 heavy (non-hydrogen) atoms. The Morgan fingerprint density at radius 1 is 1.14 bits per heavy atom. The van der Waals surface area contributed by atoms with Gasteiger partial charge in [-0.05, 0) is 36.4 Å². The van der Waals surface area contributed by atoms with Gasteiger partial charge in [0, 0.05) is 11.1 Å². The Kier molecular flexibility index (Phi) is 5.60. The highest BCUT2D eigenvalue weighted by Gasteiger charge is 2.35. The van der Waals surface area contributed by atoms with E-state index in [4.69, 9.17) is 9.26 Å². The third kappa shape index (κ3) is 4.09. The zero-order chi connectivity index (χ0) is 19.7. The van der Waals surface area contributed by atoms with Crippen molar-refractivity contribution in [1.29, 1.82) is 0 Å². The number of ether oxygens (including phenoxy) is 1. The SMILES string of the molecule is C=CCOc1ccc(-c2nc(-c3ccc4nc[nH]c4c3)no2)cc1C(F)(F)F.Cl. The normalized spacial score (nSPS) is 11.3. The maximum absolute atomic E-state index is 13.4. The Hall–Kier alpha value is -3.33. The number of aromatic nitrogens is 4. The molecule has 0 atom stereocenters. The number of H-pyrrole nitrogens is 1. The van der Waals surface area contributed by atoms with Gasteiger partial charge < -0.3 is 14.2 Å². The van der Waals surface area contributed by atoms with E-state index in [-0.39, 0.29) is 42.0 Å². The average Bonchev–Trinajstić information content (AvgIpc) is 3.34. The average molecular weight is 423 g/mol. The van der Waals surface area contributed by atoms with Crippen LogP contribution in [0.4, 0.5) is 13.2 Å². The van der Waals surface area contributed by atoms with Gasteiger partial charge in [0.1, 0.15) is 12.4 Å². The number of aromatic amines is 1. The maximum atomic E-state index is 13.4. The standard InChI is InChI=1S/C19H13F3N4O2.ClH/c1-2-7-27-16-6-4-12(8-13(16)19(20,21)22)18-25-17(26-28-18)11-3-5-14-15(9-11)24-10-23-14;/h2-6,8-10H,1,7H2,(H,23,24);1H. The minimum Gasteiger partial charge on any atom is -0.489 e. The molecule has 0 fully saturated rings. The van der Waals surface area contributed by atoms with Crippen molar-refractivity contribution in [3.05, 3.63) is 60.9 Å². The minimum absolute atomic E-state index is 0. The van der Waals surface area contributed by atoms with Crippen molar-refractivity contribution in [3.8, 4) is 28.6 Å². The highest BCUT2D eigenvalue weighted by molar-refractivity contribution is 5.85. The number of hydrogen-bond acceptors (Lipinski definition) is 5. The van der Waals surface area contributed by atoms with Gasteiger partial charge in [-0.25, -0.2) is 4.98 Å². The number of rotatable bonds is 5. The van der Waals surface area contributed by atoms with Crippen molar-refractivity contribution in [2.24, 2.45) is 0 Å². The predicted octanol–water partition coefficient (Wildman–Crippen LogP) is 5.29. The Labute approximate surface area is 168 Å². The third-order valence-corrected chi connectivity index (χ3v) is 3.99. The molecule has 150 valence electrons. The van der Waals surface area contributed by atoms with Crippen molar-refractivity contribution in [1.82, 2.24) is 20.1 Å². The summed E-state index contributed by atoms with van der Waals surface area (Å²) in [6, 6.07) is 8.90. The summed E-state index contributed by atoms with van der Waals surface area (Å²) in [5.41, 5.74) is 1.42. The predicted molar refractivity (Wildman–Crippen MR) is 103 cm³/mol. The number of imidazole rings is 1. The van der Waals surface area contributed by atoms with Gasteiger partial charge in [0.25, 0.3) is 5.89 Å². The smallest absolute Gasteiger partial charge is 0.419 e. The number of alkyl halides is 3. The molecular weight excluding hydrogens is 409 g/mol. The number of fused-ring (bicyclic) bond motifs is 1. The van der Waals surface area contributed by atoms with Gasteiger partial charge in [0.15, 0.2) is 0 Å². The highest BCUT2D eigenvalue weighted by Crippen LogP contribution is 2.38. The van der Waals surface area contributed by atoms with Gasteiger partial charge in [-0.2, -0.15) is 18.2 Å². The Bertz CT molecular complexity index is 1150. The Morgan fingerprint density at radius 2 is 1.93 bits per heavy atom. The number of nitrogens with one attached hydrogen (secondary N) is 1. The van der Waals surface area contributed by atoms with Crippen LogP contribution in [-0.2, 0) is 6.18 Å². The summed E-state index contributed by atoms with van der Waals surface area (Å²) in [6.45, 7) is 3.40. The van der Waals surface area contributed by atoms with E-state index in [2.05, 4.69) is 26.7 Å². The third-order valence-electron chi connectivity index (χ3n) is 3.99. The van der Waals surface area contributed by atoms with E-state index in [1.807, 2.05) is 0 Å². The van der Waals surface area contributed by atoms with Crippen LogP contribution in [0.2, 0.25) is 0 Å². The van der Waals surface area contributed by atoms with E-state index >= 15 is 0 Å². The van der Waals surface area contributed by atoms with Gasteiger partial charge in [-0.15, -0.1) is 12.4 Å². The molecule has 0 saturated carbocycles. The van der Waals surface area contributed by atoms with Crippen LogP contribution >= 0.6 is 12.4 Å². The summed E-state index contributed by atoms with van der Waals surface area (Å²) in [4.78, 5) is 11.3. The van der Waals surface area contributed by atoms with E-state index in [9.17, 15) is 13.2 Å². The van der Waals surface area contributed by atoms with Gasteiger partial charge in [-0.1, -0.05) is 17.8 Å². The van der Waals surface area contributed by atoms with E-state index in [1.165, 1.54) is 18.2 Å². The van der Waals surface area contributed by atoms with Crippen LogP contribution in [-0.4, -0.2) is 26.7 Å². The number of halogens is 4. The van der Waals surface area contributed by atoms with Crippen LogP contribution in [0.1, 0.15) is 5.56 Å². The monoisotopic (exact) mass is 422 g/mol. The zero-order valence-corrected chi connectivity index (χ0v) is 15.5. The molecule has 0 spiro atoms. The Morgan fingerprint density at radius 3 is 2.69 bits per heavy atom. The fourth-order valence-electron chi connectivity index (χ4n) is 2.69. The lowest BCUT2D eigenvalue weighted by atomic mass is 10.1. The van der Waals surface area contributed by atoms with Crippen LogP contribution in [0, 0.1) is 0 Å². The molecule has 2 aromatic carbocycles. The molecule has 6 nitrogen and oxygen atoms in total. The second-order valence-corrected chi connectivity index (χ2v) is 5.87. The summed E-state index contributed by atoms with van der Waals surface area (Å²) in [7, 11) is 0. The fraction of sp³-hybridized carbons (Fsp3) is 0.105. The van der Waals surface area contributed by atoms with Crippen LogP contribution in [0.15, 0.2) is 59.9 Å². The van der Waals surface area contributed by atoms with E-state index in [1.54, 1.807) is 24.5 Å². The lowest BCUT2D eigenvalue weighted by molar-refractivity contribution is -0.138. The first-order valence-corrected chi connectivity index (χ1v) is 8.18. The van der Waals surface area contributed by atoms with E-state index < -0.39 is 11.7 Å². The molecule has 0 aliphatic carbocycles. The number of benzene rings is 2. The van der Waals surface area contributed by atoms with Crippen LogP contribution < -0.4 is 4.74 Å². The van der Waals surface area contributed by atoms with Crippen molar-refractivity contribution in [2.75, 3.05) is 6.61 Å². The summed E-state index contributed by atoms with van der Waals surface area (Å²) in [5.74, 6) is -0.0619. The lowest BCUT2D eigenvalue weighted by Crippen LogP contribution is -2.09. The number of nitrogens with zero attached hydrogens (tertiary/aromatic N) is 3. The second kappa shape index (κ2) is 7.96. The topological polar surface area (TPSA) is 76.8 Å². The van der Waals surface area contributed by atoms with Crippen molar-refractivity contribution in [2.45, 2.75) is 6.18 Å². The van der Waals surface area contributed by atoms with Gasteiger partial charge in [0.05, 0.1) is 22.9 Å². The van der Waals surface area contributed by atoms with E-state index in [0.717, 1.165) is 17.1 Å². The molecule has 0 aliphatic rings. The summed E-state index contributed by atoms with van der Waals surface area (Å²) < 4.78 is 50.4. The van der Waals surface area contributed by atoms with Gasteiger partial charge in [0.2, 0.25) is 5.82 Å². The van der Waals surface area contributed by atoms with E-state index in [0.29, 0.717) is 5.56 Å². The lowest BCUT2D eigenvalue weighted by Gasteiger charge is -2.13. The molecular formula is C19H14ClF3N4O2. The second-order valence-electron chi connectivity index (χ2n) is 5.87. The summed E-state index contributed by atoms with van der Waals surface area (Å²) >= 11 is 0. The zero-order valence-electron chi connectivity index (χ0n) is 14.7. The van der Waals surface area contributed by atoms with Crippen molar-refractivity contribution in [3.63, 3.8) is 0 Å². The summed E-state index contributed by atoms with van der Waals surface area (Å²) in [6.07, 6.45) is -1.67. The van der Waals surface area contributed by atoms with Gasteiger partial charge >= 0.3 is 6.18 Å². The first kappa shape index (κ1) is 20.4. The fourth-order valence-corrected chi connectivity index (χ4v) is 2.69. The van der Waals surface area contributed by atoms with Gasteiger partial charge in [-0.3, -0.25) is 0 Å². The molecule has 0 radical (unpaired) electrons. The number of hydrogen-bond donors (Lipinski definition) is 1. The van der Waals surface area contributed by atoms with Crippen molar-refractivity contribution >= 4 is 23.4 Å². The molecule has 2 aromatic heterocycles. The van der Waals surface area contributed by atoms with Crippen LogP contribution in [0.25, 0.3) is 33.9 Å². The molecule has 0 unspecified atom stereocenters. The van der Waals surface area contributed by atoms with Crippen LogP contribution in [0.3, 0.4) is 0 Å². The molecule has 0 bridgehead atoms. The molecule has 2 heterocycles. The molecule has 4 aromatic rings. The Balaban J connectivity index is 0.00000240. The molecule has 1 N–H and O–H groups in total. The first-order chi connectivity index (χ1) is 13.5. The highest BCUT2D eigenvalue weighted by atomic mass is 35.5. The quantitative estimate of drug-likeness (QED) is 0.442. The first-order valence-electron chi connectivity index (χ1n) is 8.18. The molecule has 0 saturated heterocycles. The molecule has 0 amide bonds. The largest absolute Gasteiger partial charge is 0.489 e.